The van der Waals surface area contributed by atoms with E-state index in [0.717, 1.165) is 21.1 Å². The van der Waals surface area contributed by atoms with Crippen molar-refractivity contribution in [3.8, 4) is 0 Å². The summed E-state index contributed by atoms with van der Waals surface area (Å²) in [6.45, 7) is 6.68. The lowest BCUT2D eigenvalue weighted by atomic mass is 10.1. The van der Waals surface area contributed by atoms with Gasteiger partial charge in [-0.2, -0.15) is 0 Å². The zero-order valence-corrected chi connectivity index (χ0v) is 17.5. The number of hydrogen-bond acceptors (Lipinski definition) is 4. The second-order valence-electron chi connectivity index (χ2n) is 3.84. The fourth-order valence-electron chi connectivity index (χ4n) is 1.43. The first-order valence-electron chi connectivity index (χ1n) is 5.75. The number of carbonyl (C=O) groups excluding carboxylic acids is 2. The Morgan fingerprint density at radius 3 is 1.36 bits per heavy atom. The molecule has 0 amide bonds. The highest BCUT2D eigenvalue weighted by molar-refractivity contribution is 9.15. The summed E-state index contributed by atoms with van der Waals surface area (Å²) in [4.78, 5) is 22.5. The van der Waals surface area contributed by atoms with E-state index in [1.807, 2.05) is 0 Å². The van der Waals surface area contributed by atoms with Crippen molar-refractivity contribution in [3.63, 3.8) is 0 Å². The van der Waals surface area contributed by atoms with Crippen LogP contribution >= 0.6 is 63.7 Å². The molecule has 8 heteroatoms. The maximum atomic E-state index is 11.3. The van der Waals surface area contributed by atoms with Gasteiger partial charge in [-0.25, -0.2) is 9.59 Å². The molecule has 0 saturated heterocycles. The predicted octanol–water partition coefficient (Wildman–Crippen LogP) is 5.20. The Kier molecular flexibility index (Phi) is 8.02. The predicted molar refractivity (Wildman–Crippen MR) is 97.2 cm³/mol. The summed E-state index contributed by atoms with van der Waals surface area (Å²) in [5, 5.41) is 0. The van der Waals surface area contributed by atoms with Gasteiger partial charge in [0.15, 0.2) is 0 Å². The highest BCUT2D eigenvalue weighted by atomic mass is 79.9. The molecule has 0 bridgehead atoms. The van der Waals surface area contributed by atoms with Crippen LogP contribution in [0, 0.1) is 0 Å². The summed E-state index contributed by atoms with van der Waals surface area (Å²) < 4.78 is 13.0. The van der Waals surface area contributed by atoms with Crippen LogP contribution in [-0.2, 0) is 32.3 Å². The molecule has 4 nitrogen and oxygen atoms in total. The number of ether oxygens (including phenoxy) is 2. The molecule has 0 radical (unpaired) electrons. The van der Waals surface area contributed by atoms with E-state index >= 15 is 0 Å². The fraction of sp³-hybridized carbons (Fsp3) is 0.143. The highest BCUT2D eigenvalue weighted by Crippen LogP contribution is 2.42. The number of hydrogen-bond donors (Lipinski definition) is 0. The summed E-state index contributed by atoms with van der Waals surface area (Å²) in [6.07, 6.45) is 2.16. The maximum absolute atomic E-state index is 11.3. The van der Waals surface area contributed by atoms with Crippen molar-refractivity contribution < 1.29 is 19.1 Å². The van der Waals surface area contributed by atoms with Gasteiger partial charge in [0.2, 0.25) is 0 Å². The van der Waals surface area contributed by atoms with Gasteiger partial charge in [-0.3, -0.25) is 0 Å². The minimum Gasteiger partial charge on any atom is -0.458 e. The van der Waals surface area contributed by atoms with Gasteiger partial charge in [-0.05, 0) is 63.7 Å². The zero-order valence-electron chi connectivity index (χ0n) is 11.1. The Morgan fingerprint density at radius 2 is 1.09 bits per heavy atom. The van der Waals surface area contributed by atoms with Gasteiger partial charge in [0.05, 0.1) is 0 Å². The van der Waals surface area contributed by atoms with Crippen molar-refractivity contribution in [2.24, 2.45) is 0 Å². The molecule has 0 aromatic heterocycles. The Balaban J connectivity index is 3.24. The molecule has 0 saturated carbocycles. The number of benzene rings is 1. The first kappa shape index (κ1) is 19.6. The van der Waals surface area contributed by atoms with E-state index in [0.29, 0.717) is 20.1 Å². The number of esters is 2. The molecule has 1 aromatic rings. The zero-order chi connectivity index (χ0) is 16.9. The van der Waals surface area contributed by atoms with E-state index in [1.54, 1.807) is 0 Å². The minimum absolute atomic E-state index is 0.00309. The molecule has 22 heavy (non-hydrogen) atoms. The van der Waals surface area contributed by atoms with Crippen LogP contribution in [0.5, 0.6) is 0 Å². The van der Waals surface area contributed by atoms with Gasteiger partial charge in [-0.1, -0.05) is 13.2 Å². The average molecular weight is 562 g/mol. The average Bonchev–Trinajstić information content (AvgIpc) is 2.53. The molecule has 0 fully saturated rings. The van der Waals surface area contributed by atoms with Crippen molar-refractivity contribution in [2.75, 3.05) is 0 Å². The maximum Gasteiger partial charge on any atom is 0.330 e. The third-order valence-corrected chi connectivity index (χ3v) is 7.46. The Bertz CT molecular complexity index is 585. The third kappa shape index (κ3) is 4.78. The quantitative estimate of drug-likeness (QED) is 0.208. The Morgan fingerprint density at radius 1 is 0.773 bits per heavy atom. The number of carbonyl (C=O) groups is 2. The summed E-state index contributed by atoms with van der Waals surface area (Å²) >= 11 is 13.7. The van der Waals surface area contributed by atoms with Crippen LogP contribution < -0.4 is 0 Å². The molecule has 0 aliphatic carbocycles. The summed E-state index contributed by atoms with van der Waals surface area (Å²) in [7, 11) is 0. The Hall–Kier alpha value is -0.440. The minimum atomic E-state index is -0.545. The van der Waals surface area contributed by atoms with Crippen molar-refractivity contribution in [3.05, 3.63) is 54.3 Å². The number of rotatable bonds is 6. The summed E-state index contributed by atoms with van der Waals surface area (Å²) in [5.74, 6) is -1.09. The molecule has 0 atom stereocenters. The van der Waals surface area contributed by atoms with Crippen molar-refractivity contribution in [1.82, 2.24) is 0 Å². The van der Waals surface area contributed by atoms with E-state index in [4.69, 9.17) is 9.47 Å². The van der Waals surface area contributed by atoms with Crippen LogP contribution in [0.4, 0.5) is 0 Å². The molecule has 118 valence electrons. The van der Waals surface area contributed by atoms with E-state index in [2.05, 4.69) is 76.9 Å². The van der Waals surface area contributed by atoms with Gasteiger partial charge in [0.25, 0.3) is 0 Å². The molecule has 1 aromatic carbocycles. The molecule has 1 rings (SSSR count). The van der Waals surface area contributed by atoms with Crippen LogP contribution in [-0.4, -0.2) is 11.9 Å². The summed E-state index contributed by atoms with van der Waals surface area (Å²) in [6, 6.07) is 0. The van der Waals surface area contributed by atoms with Gasteiger partial charge in [0.1, 0.15) is 13.2 Å². The lowest BCUT2D eigenvalue weighted by Crippen LogP contribution is -2.08. The molecule has 0 aliphatic heterocycles. The normalized spacial score (nSPS) is 10.0. The second-order valence-corrected chi connectivity index (χ2v) is 7.01. The standard InChI is InChI=1S/C14H10Br4O4/c1-3-9(19)21-5-7-8(6-22-10(20)4-2)12(16)14(18)13(17)11(7)15/h3-4H,1-2,5-6H2. The fourth-order valence-corrected chi connectivity index (χ4v) is 3.94. The van der Waals surface area contributed by atoms with Crippen LogP contribution in [0.25, 0.3) is 0 Å². The molecule has 0 N–H and O–H groups in total. The SMILES string of the molecule is C=CC(=O)OCc1c(Br)c(Br)c(Br)c(Br)c1COC(=O)C=C. The molecule has 0 spiro atoms. The lowest BCUT2D eigenvalue weighted by Gasteiger charge is -2.17. The highest BCUT2D eigenvalue weighted by Gasteiger charge is 2.20. The van der Waals surface area contributed by atoms with Crippen LogP contribution in [0.2, 0.25) is 0 Å². The van der Waals surface area contributed by atoms with Gasteiger partial charge in [-0.15, -0.1) is 0 Å². The van der Waals surface area contributed by atoms with Gasteiger partial charge in [0, 0.05) is 41.2 Å². The van der Waals surface area contributed by atoms with Gasteiger partial charge >= 0.3 is 11.9 Å². The molecule has 0 unspecified atom stereocenters. The van der Waals surface area contributed by atoms with Crippen molar-refractivity contribution in [1.29, 1.82) is 0 Å². The van der Waals surface area contributed by atoms with E-state index in [9.17, 15) is 9.59 Å². The van der Waals surface area contributed by atoms with Gasteiger partial charge < -0.3 is 9.47 Å². The third-order valence-electron chi connectivity index (χ3n) is 2.52. The number of halogens is 4. The Labute approximate surface area is 161 Å². The largest absolute Gasteiger partial charge is 0.458 e. The van der Waals surface area contributed by atoms with E-state index in [1.165, 1.54) is 0 Å². The first-order chi connectivity index (χ1) is 10.3. The van der Waals surface area contributed by atoms with E-state index in [-0.39, 0.29) is 13.2 Å². The topological polar surface area (TPSA) is 52.6 Å². The van der Waals surface area contributed by atoms with Crippen molar-refractivity contribution >= 4 is 75.7 Å². The molecular weight excluding hydrogens is 552 g/mol. The van der Waals surface area contributed by atoms with Crippen molar-refractivity contribution in [2.45, 2.75) is 13.2 Å². The van der Waals surface area contributed by atoms with E-state index < -0.39 is 11.9 Å². The van der Waals surface area contributed by atoms with Crippen LogP contribution in [0.1, 0.15) is 11.1 Å². The van der Waals surface area contributed by atoms with Crippen LogP contribution in [0.3, 0.4) is 0 Å². The molecular formula is C14H10Br4O4. The monoisotopic (exact) mass is 558 g/mol. The molecule has 0 aliphatic rings. The van der Waals surface area contributed by atoms with Crippen LogP contribution in [0.15, 0.2) is 43.2 Å². The summed E-state index contributed by atoms with van der Waals surface area (Å²) in [5.41, 5.74) is 1.32. The molecule has 0 heterocycles. The lowest BCUT2D eigenvalue weighted by molar-refractivity contribution is -0.140. The second kappa shape index (κ2) is 9.00. The first-order valence-corrected chi connectivity index (χ1v) is 8.92. The smallest absolute Gasteiger partial charge is 0.330 e.